The summed E-state index contributed by atoms with van der Waals surface area (Å²) in [6.07, 6.45) is 0.601. The molecule has 1 fully saturated rings. The Morgan fingerprint density at radius 3 is 2.84 bits per heavy atom. The summed E-state index contributed by atoms with van der Waals surface area (Å²) in [7, 11) is 1.90. The summed E-state index contributed by atoms with van der Waals surface area (Å²) in [4.78, 5) is 15.3. The van der Waals surface area contributed by atoms with E-state index < -0.39 is 19.1 Å². The molecule has 5 rings (SSSR count). The number of aromatic nitrogens is 6. The number of halogens is 3. The minimum absolute atomic E-state index is 0.332. The maximum atomic E-state index is 14.3. The fourth-order valence-electron chi connectivity index (χ4n) is 4.19. The Labute approximate surface area is 182 Å². The van der Waals surface area contributed by atoms with E-state index in [-0.39, 0.29) is 6.04 Å². The molecule has 0 unspecified atom stereocenters. The van der Waals surface area contributed by atoms with Crippen molar-refractivity contribution in [2.45, 2.75) is 38.5 Å². The van der Waals surface area contributed by atoms with Crippen LogP contribution < -0.4 is 5.32 Å². The van der Waals surface area contributed by atoms with Gasteiger partial charge in [0.05, 0.1) is 30.0 Å². The Morgan fingerprint density at radius 1 is 1.22 bits per heavy atom. The summed E-state index contributed by atoms with van der Waals surface area (Å²) in [6, 6.07) is 5.08. The third-order valence-electron chi connectivity index (χ3n) is 5.86. The Bertz CT molecular complexity index is 1270. The largest absolute Gasteiger partial charge is 0.347 e. The van der Waals surface area contributed by atoms with E-state index in [9.17, 15) is 13.2 Å². The second kappa shape index (κ2) is 8.05. The van der Waals surface area contributed by atoms with Gasteiger partial charge in [0.1, 0.15) is 17.5 Å². The highest BCUT2D eigenvalue weighted by molar-refractivity contribution is 5.82. The molecule has 0 bridgehead atoms. The monoisotopic (exact) mass is 444 g/mol. The van der Waals surface area contributed by atoms with Crippen molar-refractivity contribution in [1.29, 1.82) is 0 Å². The number of hydrogen-bond acceptors (Lipinski definition) is 6. The van der Waals surface area contributed by atoms with Crippen LogP contribution in [0, 0.1) is 6.92 Å². The first-order valence-electron chi connectivity index (χ1n) is 10.4. The summed E-state index contributed by atoms with van der Waals surface area (Å²) in [5.74, 6) is 0.844. The summed E-state index contributed by atoms with van der Waals surface area (Å²) < 4.78 is 43.4. The van der Waals surface area contributed by atoms with Crippen LogP contribution in [0.15, 0.2) is 30.6 Å². The Kier molecular flexibility index (Phi) is 5.20. The molecule has 0 spiro atoms. The van der Waals surface area contributed by atoms with Crippen LogP contribution in [0.25, 0.3) is 27.9 Å². The molecular formula is C21H23F3N8. The maximum Gasteiger partial charge on any atom is 0.256 e. The molecule has 2 atom stereocenters. The Balaban J connectivity index is 1.45. The number of piperidine rings is 1. The van der Waals surface area contributed by atoms with Crippen molar-refractivity contribution in [3.8, 4) is 11.3 Å². The second-order valence-corrected chi connectivity index (χ2v) is 8.16. The number of hydrogen-bond donors (Lipinski definition) is 1. The first-order chi connectivity index (χ1) is 15.4. The van der Waals surface area contributed by atoms with Gasteiger partial charge in [-0.2, -0.15) is 0 Å². The molecule has 4 aromatic heterocycles. The van der Waals surface area contributed by atoms with E-state index in [0.717, 1.165) is 12.1 Å². The van der Waals surface area contributed by atoms with Crippen molar-refractivity contribution in [3.63, 3.8) is 0 Å². The first kappa shape index (κ1) is 20.7. The maximum absolute atomic E-state index is 14.3. The molecule has 168 valence electrons. The molecule has 0 aliphatic carbocycles. The average molecular weight is 444 g/mol. The second-order valence-electron chi connectivity index (χ2n) is 8.16. The van der Waals surface area contributed by atoms with Crippen molar-refractivity contribution < 1.29 is 13.2 Å². The predicted octanol–water partition coefficient (Wildman–Crippen LogP) is 3.17. The Hall–Kier alpha value is -3.21. The van der Waals surface area contributed by atoms with E-state index in [2.05, 4.69) is 25.4 Å². The smallest absolute Gasteiger partial charge is 0.256 e. The van der Waals surface area contributed by atoms with Gasteiger partial charge in [-0.1, -0.05) is 0 Å². The molecule has 11 heteroatoms. The minimum atomic E-state index is -2.50. The first-order valence-corrected chi connectivity index (χ1v) is 10.4. The fourth-order valence-corrected chi connectivity index (χ4v) is 4.19. The normalized spacial score (nSPS) is 19.9. The number of nitrogens with one attached hydrogen (secondary N) is 1. The van der Waals surface area contributed by atoms with E-state index in [1.165, 1.54) is 4.57 Å². The van der Waals surface area contributed by atoms with Crippen molar-refractivity contribution in [2.75, 3.05) is 25.5 Å². The van der Waals surface area contributed by atoms with Crippen LogP contribution in [0.2, 0.25) is 0 Å². The lowest BCUT2D eigenvalue weighted by Gasteiger charge is -2.32. The Morgan fingerprint density at radius 2 is 2.06 bits per heavy atom. The molecule has 5 heterocycles. The zero-order valence-electron chi connectivity index (χ0n) is 17.7. The highest BCUT2D eigenvalue weighted by Crippen LogP contribution is 2.27. The fraction of sp³-hybridized carbons (Fsp3) is 0.429. The van der Waals surface area contributed by atoms with Gasteiger partial charge in [0.25, 0.3) is 6.43 Å². The number of aryl methyl sites for hydroxylation is 1. The summed E-state index contributed by atoms with van der Waals surface area (Å²) in [5.41, 5.74) is 3.06. The summed E-state index contributed by atoms with van der Waals surface area (Å²) >= 11 is 0. The number of imidazole rings is 1. The van der Waals surface area contributed by atoms with Gasteiger partial charge in [0.15, 0.2) is 5.65 Å². The molecule has 4 aromatic rings. The number of anilines is 1. The number of likely N-dealkylation sites (tertiary alicyclic amines) is 1. The highest BCUT2D eigenvalue weighted by Gasteiger charge is 2.28. The molecule has 1 aliphatic rings. The van der Waals surface area contributed by atoms with Gasteiger partial charge in [-0.05, 0) is 38.6 Å². The van der Waals surface area contributed by atoms with Crippen LogP contribution in [0.3, 0.4) is 0 Å². The van der Waals surface area contributed by atoms with Crippen LogP contribution in [0.4, 0.5) is 19.1 Å². The van der Waals surface area contributed by atoms with Crippen molar-refractivity contribution in [3.05, 3.63) is 36.4 Å². The number of pyridine rings is 1. The number of rotatable bonds is 5. The quantitative estimate of drug-likeness (QED) is 0.510. The zero-order chi connectivity index (χ0) is 22.4. The molecule has 0 amide bonds. The van der Waals surface area contributed by atoms with E-state index in [0.29, 0.717) is 47.1 Å². The highest BCUT2D eigenvalue weighted by atomic mass is 19.3. The van der Waals surface area contributed by atoms with Gasteiger partial charge in [0.2, 0.25) is 5.95 Å². The molecule has 1 aliphatic heterocycles. The lowest BCUT2D eigenvalue weighted by Crippen LogP contribution is -2.46. The SMILES string of the molecule is Cc1nc2ccc(-c3ccn4nc(N[C@H]5CCN(C)C[C@@H]5F)ncc34)nc2n1CC(F)F. The molecule has 8 nitrogen and oxygen atoms in total. The van der Waals surface area contributed by atoms with Gasteiger partial charge in [-0.3, -0.25) is 0 Å². The molecule has 1 N–H and O–H groups in total. The topological polar surface area (TPSA) is 76.2 Å². The van der Waals surface area contributed by atoms with Crippen LogP contribution in [-0.4, -0.2) is 72.8 Å². The van der Waals surface area contributed by atoms with Crippen LogP contribution >= 0.6 is 0 Å². The van der Waals surface area contributed by atoms with Gasteiger partial charge >= 0.3 is 0 Å². The lowest BCUT2D eigenvalue weighted by atomic mass is 10.0. The number of fused-ring (bicyclic) bond motifs is 2. The van der Waals surface area contributed by atoms with Crippen molar-refractivity contribution in [2.24, 2.45) is 0 Å². The third-order valence-corrected chi connectivity index (χ3v) is 5.86. The molecular weight excluding hydrogens is 421 g/mol. The zero-order valence-corrected chi connectivity index (χ0v) is 17.7. The minimum Gasteiger partial charge on any atom is -0.347 e. The van der Waals surface area contributed by atoms with E-state index in [4.69, 9.17) is 0 Å². The van der Waals surface area contributed by atoms with Crippen molar-refractivity contribution in [1.82, 2.24) is 34.0 Å². The molecule has 0 saturated carbocycles. The van der Waals surface area contributed by atoms with Gasteiger partial charge < -0.3 is 14.8 Å². The predicted molar refractivity (Wildman–Crippen MR) is 115 cm³/mol. The van der Waals surface area contributed by atoms with Crippen LogP contribution in [0.5, 0.6) is 0 Å². The van der Waals surface area contributed by atoms with Crippen molar-refractivity contribution >= 4 is 22.6 Å². The van der Waals surface area contributed by atoms with Crippen LogP contribution in [0.1, 0.15) is 12.2 Å². The third kappa shape index (κ3) is 3.77. The van der Waals surface area contributed by atoms with E-state index in [1.807, 2.05) is 18.0 Å². The molecule has 0 aromatic carbocycles. The molecule has 0 radical (unpaired) electrons. The van der Waals surface area contributed by atoms with E-state index in [1.54, 1.807) is 36.0 Å². The molecule has 32 heavy (non-hydrogen) atoms. The van der Waals surface area contributed by atoms with Gasteiger partial charge in [0, 0.05) is 24.8 Å². The molecule has 1 saturated heterocycles. The lowest BCUT2D eigenvalue weighted by molar-refractivity contribution is 0.127. The average Bonchev–Trinajstić information content (AvgIpc) is 3.30. The van der Waals surface area contributed by atoms with Gasteiger partial charge in [-0.15, -0.1) is 5.10 Å². The summed E-state index contributed by atoms with van der Waals surface area (Å²) in [5, 5.41) is 7.56. The number of alkyl halides is 3. The standard InChI is InChI=1S/C21H23F3N8/c1-12-26-17-4-3-15(27-20(17)31(12)11-19(23)24)13-5-8-32-18(13)9-25-21(29-32)28-16-6-7-30(2)10-14(16)22/h3-5,8-9,14,16,19H,6-7,10-11H2,1-2H3,(H,28,29)/t14-,16-/m0/s1. The van der Waals surface area contributed by atoms with Crippen LogP contribution in [-0.2, 0) is 6.54 Å². The van der Waals surface area contributed by atoms with Gasteiger partial charge in [-0.25, -0.2) is 32.6 Å². The van der Waals surface area contributed by atoms with E-state index >= 15 is 0 Å². The summed E-state index contributed by atoms with van der Waals surface area (Å²) in [6.45, 7) is 2.42. The number of nitrogens with zero attached hydrogens (tertiary/aromatic N) is 7.